The Morgan fingerprint density at radius 1 is 1.56 bits per heavy atom. The summed E-state index contributed by atoms with van der Waals surface area (Å²) in [5.41, 5.74) is -0.969. The summed E-state index contributed by atoms with van der Waals surface area (Å²) in [7, 11) is 0. The van der Waals surface area contributed by atoms with Gasteiger partial charge in [0.05, 0.1) is 11.0 Å². The van der Waals surface area contributed by atoms with Crippen LogP contribution in [0, 0.1) is 29.1 Å². The Morgan fingerprint density at radius 3 is 2.61 bits per heavy atom. The van der Waals surface area contributed by atoms with Crippen LogP contribution in [0.4, 0.5) is 0 Å². The predicted octanol–water partition coefficient (Wildman–Crippen LogP) is 2.09. The fraction of sp³-hybridized carbons (Fsp3) is 0.357. The maximum Gasteiger partial charge on any atom is 0.303 e. The number of carboxylic acids is 1. The molecule has 0 spiro atoms. The Hall–Kier alpha value is -2.33. The van der Waals surface area contributed by atoms with Crippen LogP contribution in [0.1, 0.15) is 26.7 Å². The maximum atomic E-state index is 11.2. The van der Waals surface area contributed by atoms with E-state index in [-0.39, 0.29) is 18.4 Å². The van der Waals surface area contributed by atoms with Crippen LogP contribution in [-0.2, 0) is 9.59 Å². The molecule has 1 rings (SSSR count). The van der Waals surface area contributed by atoms with Gasteiger partial charge in [0.2, 0.25) is 0 Å². The molecule has 1 aliphatic carbocycles. The van der Waals surface area contributed by atoms with E-state index in [4.69, 9.17) is 16.8 Å². The number of hydrogen-bond acceptors (Lipinski definition) is 3. The number of terminal acetylenes is 1. The average molecular weight is 245 g/mol. The number of hydrogen-bond donors (Lipinski definition) is 1. The van der Waals surface area contributed by atoms with Crippen molar-refractivity contribution in [3.05, 3.63) is 23.8 Å². The van der Waals surface area contributed by atoms with E-state index in [1.807, 2.05) is 13.8 Å². The third-order valence-corrected chi connectivity index (χ3v) is 2.34. The lowest BCUT2D eigenvalue weighted by Crippen LogP contribution is -2.20. The first-order valence-electron chi connectivity index (χ1n) is 5.59. The molecular weight excluding hydrogens is 230 g/mol. The minimum absolute atomic E-state index is 0.0363. The lowest BCUT2D eigenvalue weighted by Gasteiger charge is -2.22. The summed E-state index contributed by atoms with van der Waals surface area (Å²) in [6, 6.07) is 1.75. The first-order chi connectivity index (χ1) is 8.53. The molecule has 0 heterocycles. The molecule has 4 heteroatoms. The van der Waals surface area contributed by atoms with E-state index in [9.17, 15) is 9.59 Å². The van der Waals surface area contributed by atoms with Crippen molar-refractivity contribution in [2.75, 3.05) is 0 Å². The minimum Gasteiger partial charge on any atom is -0.481 e. The molecule has 1 N–H and O–H groups in total. The van der Waals surface area contributed by atoms with Gasteiger partial charge in [0.15, 0.2) is 5.78 Å². The van der Waals surface area contributed by atoms with E-state index in [1.54, 1.807) is 6.07 Å². The molecule has 0 saturated carbocycles. The van der Waals surface area contributed by atoms with E-state index in [2.05, 4.69) is 5.92 Å². The fourth-order valence-electron chi connectivity index (χ4n) is 1.41. The van der Waals surface area contributed by atoms with E-state index in [1.165, 1.54) is 18.2 Å². The number of carbonyl (C=O) groups is 2. The number of ketones is 1. The van der Waals surface area contributed by atoms with Crippen molar-refractivity contribution in [2.24, 2.45) is 5.41 Å². The molecule has 0 amide bonds. The highest BCUT2D eigenvalue weighted by molar-refractivity contribution is 6.08. The van der Waals surface area contributed by atoms with Crippen molar-refractivity contribution in [1.82, 2.24) is 0 Å². The van der Waals surface area contributed by atoms with Crippen molar-refractivity contribution in [1.29, 1.82) is 5.26 Å². The molecule has 0 aromatic carbocycles. The highest BCUT2D eigenvalue weighted by atomic mass is 16.4. The maximum absolute atomic E-state index is 11.2. The lowest BCUT2D eigenvalue weighted by atomic mass is 9.78. The summed E-state index contributed by atoms with van der Waals surface area (Å²) < 4.78 is 0. The highest BCUT2D eigenvalue weighted by Gasteiger charge is 2.28. The fourth-order valence-corrected chi connectivity index (χ4v) is 1.41. The topological polar surface area (TPSA) is 78.2 Å². The van der Waals surface area contributed by atoms with Crippen molar-refractivity contribution >= 4 is 11.8 Å². The van der Waals surface area contributed by atoms with Gasteiger partial charge in [-0.05, 0) is 18.6 Å². The lowest BCUT2D eigenvalue weighted by molar-refractivity contribution is -0.137. The Bertz CT molecular complexity index is 474. The van der Waals surface area contributed by atoms with Crippen molar-refractivity contribution in [3.8, 4) is 18.4 Å². The summed E-state index contributed by atoms with van der Waals surface area (Å²) in [5, 5.41) is 17.3. The zero-order valence-electron chi connectivity index (χ0n) is 10.4. The third kappa shape index (κ3) is 3.92. The molecule has 0 fully saturated rings. The van der Waals surface area contributed by atoms with Gasteiger partial charge in [-0.15, -0.1) is 6.42 Å². The van der Waals surface area contributed by atoms with Crippen LogP contribution >= 0.6 is 0 Å². The number of allylic oxidation sites excluding steroid dienone is 4. The zero-order valence-corrected chi connectivity index (χ0v) is 10.4. The first-order valence-corrected chi connectivity index (χ1v) is 5.59. The SMILES string of the molecule is C#CC1(CCC(=O)O)C=CC(=O)C(C#N)=C1.CC. The van der Waals surface area contributed by atoms with Crippen LogP contribution in [0.3, 0.4) is 0 Å². The molecule has 4 nitrogen and oxygen atoms in total. The van der Waals surface area contributed by atoms with Gasteiger partial charge < -0.3 is 5.11 Å². The summed E-state index contributed by atoms with van der Waals surface area (Å²) >= 11 is 0. The Labute approximate surface area is 107 Å². The number of aliphatic carboxylic acids is 1. The summed E-state index contributed by atoms with van der Waals surface area (Å²) in [4.78, 5) is 21.7. The number of carboxylic acid groups (broad SMARTS) is 1. The quantitative estimate of drug-likeness (QED) is 0.772. The molecule has 0 aromatic heterocycles. The van der Waals surface area contributed by atoms with Gasteiger partial charge in [-0.3, -0.25) is 9.59 Å². The van der Waals surface area contributed by atoms with Crippen LogP contribution in [0.15, 0.2) is 23.8 Å². The Kier molecular flexibility index (Phi) is 6.17. The molecule has 18 heavy (non-hydrogen) atoms. The molecule has 0 aromatic rings. The average Bonchev–Trinajstić information content (AvgIpc) is 2.40. The van der Waals surface area contributed by atoms with Crippen LogP contribution in [0.5, 0.6) is 0 Å². The number of nitriles is 1. The van der Waals surface area contributed by atoms with Crippen molar-refractivity contribution in [2.45, 2.75) is 26.7 Å². The Morgan fingerprint density at radius 2 is 2.17 bits per heavy atom. The number of rotatable bonds is 3. The standard InChI is InChI=1S/C12H9NO3.C2H6/c1-2-12(6-4-11(15)16)5-3-10(14)9(7-12)8-13;1-2/h1,3,5,7H,4,6H2,(H,15,16);1-2H3. The minimum atomic E-state index is -0.966. The molecule has 0 saturated heterocycles. The van der Waals surface area contributed by atoms with E-state index >= 15 is 0 Å². The largest absolute Gasteiger partial charge is 0.481 e. The predicted molar refractivity (Wildman–Crippen MR) is 67.3 cm³/mol. The van der Waals surface area contributed by atoms with E-state index in [0.29, 0.717) is 0 Å². The Balaban J connectivity index is 0.00000137. The van der Waals surface area contributed by atoms with Crippen LogP contribution < -0.4 is 0 Å². The number of nitrogens with zero attached hydrogens (tertiary/aromatic N) is 1. The van der Waals surface area contributed by atoms with Gasteiger partial charge >= 0.3 is 5.97 Å². The molecular formula is C14H15NO3. The van der Waals surface area contributed by atoms with Gasteiger partial charge in [-0.2, -0.15) is 5.26 Å². The summed E-state index contributed by atoms with van der Waals surface area (Å²) in [6.45, 7) is 4.00. The van der Waals surface area contributed by atoms with Gasteiger partial charge in [-0.1, -0.05) is 25.8 Å². The summed E-state index contributed by atoms with van der Waals surface area (Å²) in [6.07, 6.45) is 9.44. The van der Waals surface area contributed by atoms with Gasteiger partial charge in [0, 0.05) is 6.42 Å². The van der Waals surface area contributed by atoms with E-state index < -0.39 is 17.2 Å². The van der Waals surface area contributed by atoms with Crippen LogP contribution in [0.2, 0.25) is 0 Å². The molecule has 1 unspecified atom stereocenters. The first kappa shape index (κ1) is 15.7. The molecule has 1 atom stereocenters. The molecule has 94 valence electrons. The molecule has 0 bridgehead atoms. The van der Waals surface area contributed by atoms with Gasteiger partial charge in [0.25, 0.3) is 0 Å². The van der Waals surface area contributed by atoms with Crippen molar-refractivity contribution in [3.63, 3.8) is 0 Å². The van der Waals surface area contributed by atoms with Gasteiger partial charge in [-0.25, -0.2) is 0 Å². The van der Waals surface area contributed by atoms with Crippen molar-refractivity contribution < 1.29 is 14.7 Å². The normalized spacial score (nSPS) is 20.9. The summed E-state index contributed by atoms with van der Waals surface area (Å²) in [5.74, 6) is 1.06. The van der Waals surface area contributed by atoms with E-state index in [0.717, 1.165) is 0 Å². The third-order valence-electron chi connectivity index (χ3n) is 2.34. The van der Waals surface area contributed by atoms with Crippen LogP contribution in [0.25, 0.3) is 0 Å². The highest BCUT2D eigenvalue weighted by Crippen LogP contribution is 2.31. The molecule has 0 radical (unpaired) electrons. The second-order valence-corrected chi connectivity index (χ2v) is 3.45. The molecule has 0 aliphatic heterocycles. The smallest absolute Gasteiger partial charge is 0.303 e. The second kappa shape index (κ2) is 7.09. The van der Waals surface area contributed by atoms with Crippen LogP contribution in [-0.4, -0.2) is 16.9 Å². The van der Waals surface area contributed by atoms with Gasteiger partial charge in [0.1, 0.15) is 6.07 Å². The second-order valence-electron chi connectivity index (χ2n) is 3.45. The number of carbonyl (C=O) groups excluding carboxylic acids is 1. The zero-order chi connectivity index (χ0) is 14.2. The molecule has 1 aliphatic rings. The monoisotopic (exact) mass is 245 g/mol.